The molecule has 10 heteroatoms. The zero-order chi connectivity index (χ0) is 24.7. The van der Waals surface area contributed by atoms with Crippen molar-refractivity contribution in [3.05, 3.63) is 29.3 Å². The van der Waals surface area contributed by atoms with E-state index in [-0.39, 0.29) is 36.7 Å². The van der Waals surface area contributed by atoms with Gasteiger partial charge in [0.15, 0.2) is 11.5 Å². The Balaban J connectivity index is 1.56. The molecule has 1 aliphatic heterocycles. The minimum absolute atomic E-state index is 0.0406. The van der Waals surface area contributed by atoms with Crippen LogP contribution in [0.2, 0.25) is 0 Å². The fraction of sp³-hybridized carbons (Fsp3) is 0.500. The molecule has 3 rings (SSSR count). The third-order valence-electron chi connectivity index (χ3n) is 5.71. The predicted molar refractivity (Wildman–Crippen MR) is 128 cm³/mol. The fourth-order valence-electron chi connectivity index (χ4n) is 3.83. The number of aromatic nitrogens is 1. The van der Waals surface area contributed by atoms with E-state index >= 15 is 0 Å². The lowest BCUT2D eigenvalue weighted by molar-refractivity contribution is -0.152. The topological polar surface area (TPSA) is 98.3 Å². The van der Waals surface area contributed by atoms with Gasteiger partial charge in [-0.15, -0.1) is 11.3 Å². The molecule has 0 spiro atoms. The van der Waals surface area contributed by atoms with Gasteiger partial charge in [-0.05, 0) is 38.0 Å². The highest BCUT2D eigenvalue weighted by Crippen LogP contribution is 2.33. The second kappa shape index (κ2) is 11.8. The molecular weight excluding hydrogens is 458 g/mol. The maximum absolute atomic E-state index is 12.7. The Hall–Kier alpha value is -3.14. The molecule has 0 saturated carbocycles. The smallest absolute Gasteiger partial charge is 0.310 e. The number of carbonyl (C=O) groups excluding carboxylic acids is 3. The SMILES string of the molecule is CCOC(=O)C1CCCN(C(=O)CN(C)C(=O)Cc2csc(-c3ccc(OC)c(OC)c3)n2)C1. The van der Waals surface area contributed by atoms with Gasteiger partial charge in [0.05, 0.1) is 45.4 Å². The largest absolute Gasteiger partial charge is 0.493 e. The summed E-state index contributed by atoms with van der Waals surface area (Å²) in [5, 5.41) is 2.61. The average molecular weight is 490 g/mol. The van der Waals surface area contributed by atoms with Gasteiger partial charge < -0.3 is 24.0 Å². The molecule has 1 aliphatic rings. The first-order chi connectivity index (χ1) is 16.4. The molecule has 1 saturated heterocycles. The summed E-state index contributed by atoms with van der Waals surface area (Å²) in [6.45, 7) is 2.97. The van der Waals surface area contributed by atoms with E-state index < -0.39 is 0 Å². The molecule has 1 aromatic carbocycles. The average Bonchev–Trinajstić information content (AvgIpc) is 3.32. The minimum atomic E-state index is -0.302. The van der Waals surface area contributed by atoms with E-state index in [1.807, 2.05) is 23.6 Å². The summed E-state index contributed by atoms with van der Waals surface area (Å²) in [6.07, 6.45) is 1.55. The van der Waals surface area contributed by atoms with Crippen LogP contribution in [0.4, 0.5) is 0 Å². The summed E-state index contributed by atoms with van der Waals surface area (Å²) < 4.78 is 15.7. The van der Waals surface area contributed by atoms with Crippen molar-refractivity contribution in [2.45, 2.75) is 26.2 Å². The molecule has 9 nitrogen and oxygen atoms in total. The van der Waals surface area contributed by atoms with Crippen LogP contribution in [-0.2, 0) is 25.5 Å². The zero-order valence-corrected chi connectivity index (χ0v) is 20.9. The molecule has 34 heavy (non-hydrogen) atoms. The van der Waals surface area contributed by atoms with Crippen molar-refractivity contribution in [3.8, 4) is 22.1 Å². The normalized spacial score (nSPS) is 15.5. The highest BCUT2D eigenvalue weighted by Gasteiger charge is 2.30. The van der Waals surface area contributed by atoms with Gasteiger partial charge in [-0.3, -0.25) is 14.4 Å². The molecule has 1 atom stereocenters. The third kappa shape index (κ3) is 6.25. The van der Waals surface area contributed by atoms with Gasteiger partial charge in [-0.25, -0.2) is 4.98 Å². The van der Waals surface area contributed by atoms with Crippen LogP contribution in [0.1, 0.15) is 25.5 Å². The summed E-state index contributed by atoms with van der Waals surface area (Å²) in [5.41, 5.74) is 1.51. The molecule has 2 amide bonds. The second-order valence-electron chi connectivity index (χ2n) is 8.07. The van der Waals surface area contributed by atoms with E-state index in [9.17, 15) is 14.4 Å². The lowest BCUT2D eigenvalue weighted by atomic mass is 9.98. The quantitative estimate of drug-likeness (QED) is 0.500. The first kappa shape index (κ1) is 25.5. The summed E-state index contributed by atoms with van der Waals surface area (Å²) >= 11 is 1.44. The molecular formula is C24H31N3O6S. The van der Waals surface area contributed by atoms with Crippen LogP contribution in [0, 0.1) is 5.92 Å². The Kier molecular flexibility index (Phi) is 8.86. The number of thiazole rings is 1. The van der Waals surface area contributed by atoms with E-state index in [4.69, 9.17) is 14.2 Å². The number of hydrogen-bond acceptors (Lipinski definition) is 8. The van der Waals surface area contributed by atoms with Crippen molar-refractivity contribution in [2.75, 3.05) is 47.5 Å². The number of hydrogen-bond donors (Lipinski definition) is 0. The molecule has 0 radical (unpaired) electrons. The first-order valence-corrected chi connectivity index (χ1v) is 12.1. The molecule has 1 fully saturated rings. The molecule has 0 bridgehead atoms. The van der Waals surface area contributed by atoms with Crippen LogP contribution < -0.4 is 9.47 Å². The number of esters is 1. The number of likely N-dealkylation sites (tertiary alicyclic amines) is 1. The maximum atomic E-state index is 12.7. The number of benzene rings is 1. The predicted octanol–water partition coefficient (Wildman–Crippen LogP) is 2.63. The van der Waals surface area contributed by atoms with Gasteiger partial charge in [-0.1, -0.05) is 0 Å². The Morgan fingerprint density at radius 2 is 1.97 bits per heavy atom. The maximum Gasteiger partial charge on any atom is 0.310 e. The van der Waals surface area contributed by atoms with Crippen molar-refractivity contribution < 1.29 is 28.6 Å². The Labute approximate surface area is 203 Å². The summed E-state index contributed by atoms with van der Waals surface area (Å²) in [4.78, 5) is 45.1. The van der Waals surface area contributed by atoms with Gasteiger partial charge in [0.25, 0.3) is 0 Å². The second-order valence-corrected chi connectivity index (χ2v) is 8.93. The van der Waals surface area contributed by atoms with Crippen LogP contribution in [0.15, 0.2) is 23.6 Å². The van der Waals surface area contributed by atoms with E-state index in [0.29, 0.717) is 43.3 Å². The highest BCUT2D eigenvalue weighted by atomic mass is 32.1. The van der Waals surface area contributed by atoms with Gasteiger partial charge in [-0.2, -0.15) is 0 Å². The van der Waals surface area contributed by atoms with Crippen molar-refractivity contribution in [1.29, 1.82) is 0 Å². The van der Waals surface area contributed by atoms with Crippen molar-refractivity contribution in [3.63, 3.8) is 0 Å². The summed E-state index contributed by atoms with van der Waals surface area (Å²) in [6, 6.07) is 5.54. The van der Waals surface area contributed by atoms with Crippen molar-refractivity contribution >= 4 is 29.1 Å². The molecule has 1 aromatic heterocycles. The fourth-order valence-corrected chi connectivity index (χ4v) is 4.64. The van der Waals surface area contributed by atoms with E-state index in [0.717, 1.165) is 17.0 Å². The van der Waals surface area contributed by atoms with E-state index in [2.05, 4.69) is 4.98 Å². The number of piperidine rings is 1. The van der Waals surface area contributed by atoms with Gasteiger partial charge in [0, 0.05) is 31.1 Å². The van der Waals surface area contributed by atoms with Crippen LogP contribution in [-0.4, -0.2) is 80.1 Å². The third-order valence-corrected chi connectivity index (χ3v) is 6.65. The lowest BCUT2D eigenvalue weighted by Crippen LogP contribution is -2.47. The number of nitrogens with zero attached hydrogens (tertiary/aromatic N) is 3. The molecule has 0 aliphatic carbocycles. The van der Waals surface area contributed by atoms with E-state index in [1.54, 1.807) is 33.1 Å². The standard InChI is InChI=1S/C24H31N3O6S/c1-5-33-24(30)17-7-6-10-27(13-17)22(29)14-26(2)21(28)12-18-15-34-23(25-18)16-8-9-19(31-3)20(11-16)32-4/h8-9,11,15,17H,5-7,10,12-14H2,1-4H3. The van der Waals surface area contributed by atoms with Crippen LogP contribution >= 0.6 is 11.3 Å². The Morgan fingerprint density at radius 3 is 2.68 bits per heavy atom. The van der Waals surface area contributed by atoms with Crippen LogP contribution in [0.25, 0.3) is 10.6 Å². The number of rotatable bonds is 9. The van der Waals surface area contributed by atoms with Gasteiger partial charge in [0.1, 0.15) is 5.01 Å². The Bertz CT molecular complexity index is 1020. The summed E-state index contributed by atoms with van der Waals surface area (Å²) in [5.74, 6) is 0.299. The number of methoxy groups -OCH3 is 2. The van der Waals surface area contributed by atoms with Crippen LogP contribution in [0.5, 0.6) is 11.5 Å². The molecule has 184 valence electrons. The Morgan fingerprint density at radius 1 is 1.21 bits per heavy atom. The first-order valence-electron chi connectivity index (χ1n) is 11.2. The van der Waals surface area contributed by atoms with Crippen molar-refractivity contribution in [1.82, 2.24) is 14.8 Å². The monoisotopic (exact) mass is 489 g/mol. The van der Waals surface area contributed by atoms with Crippen LogP contribution in [0.3, 0.4) is 0 Å². The number of carbonyl (C=O) groups is 3. The molecule has 0 N–H and O–H groups in total. The lowest BCUT2D eigenvalue weighted by Gasteiger charge is -2.32. The number of ether oxygens (including phenoxy) is 3. The molecule has 2 aromatic rings. The molecule has 2 heterocycles. The summed E-state index contributed by atoms with van der Waals surface area (Å²) in [7, 11) is 4.76. The van der Waals surface area contributed by atoms with Crippen molar-refractivity contribution in [2.24, 2.45) is 5.92 Å². The highest BCUT2D eigenvalue weighted by molar-refractivity contribution is 7.13. The number of amides is 2. The van der Waals surface area contributed by atoms with Gasteiger partial charge in [0.2, 0.25) is 11.8 Å². The zero-order valence-electron chi connectivity index (χ0n) is 20.0. The molecule has 1 unspecified atom stereocenters. The minimum Gasteiger partial charge on any atom is -0.493 e. The van der Waals surface area contributed by atoms with E-state index in [1.165, 1.54) is 16.2 Å². The number of likely N-dealkylation sites (N-methyl/N-ethyl adjacent to an activating group) is 1. The van der Waals surface area contributed by atoms with Gasteiger partial charge >= 0.3 is 5.97 Å².